The molecular weight excluding hydrogens is 180 g/mol. The van der Waals surface area contributed by atoms with Gasteiger partial charge in [-0.3, -0.25) is 0 Å². The van der Waals surface area contributed by atoms with E-state index in [1.807, 2.05) is 18.0 Å². The Hall–Kier alpha value is -1.71. The highest BCUT2D eigenvalue weighted by atomic mass is 16.4. The number of fused-ring (bicyclic) bond motifs is 1. The number of nitrogens with one attached hydrogen (secondary N) is 1. The summed E-state index contributed by atoms with van der Waals surface area (Å²) >= 11 is 0. The number of hydrogen-bond donors (Lipinski definition) is 2. The lowest BCUT2D eigenvalue weighted by Gasteiger charge is -2.29. The summed E-state index contributed by atoms with van der Waals surface area (Å²) in [7, 11) is 1.91. The van der Waals surface area contributed by atoms with E-state index in [-0.39, 0.29) is 0 Å². The Balaban J connectivity index is 2.57. The van der Waals surface area contributed by atoms with Crippen LogP contribution >= 0.6 is 0 Å². The van der Waals surface area contributed by atoms with Crippen molar-refractivity contribution in [3.63, 3.8) is 0 Å². The Labute approximate surface area is 82.2 Å². The van der Waals surface area contributed by atoms with E-state index >= 15 is 0 Å². The molecule has 0 aromatic heterocycles. The number of rotatable bonds is 1. The maximum absolute atomic E-state index is 11.0. The van der Waals surface area contributed by atoms with E-state index in [1.54, 1.807) is 12.1 Å². The van der Waals surface area contributed by atoms with Gasteiger partial charge in [0.2, 0.25) is 0 Å². The van der Waals surface area contributed by atoms with E-state index in [1.165, 1.54) is 0 Å². The van der Waals surface area contributed by atoms with Gasteiger partial charge in [0.15, 0.2) is 0 Å². The lowest BCUT2D eigenvalue weighted by atomic mass is 10.1. The Morgan fingerprint density at radius 2 is 2.36 bits per heavy atom. The second-order valence-electron chi connectivity index (χ2n) is 3.36. The predicted octanol–water partition coefficient (Wildman–Crippen LogP) is 1.25. The molecule has 1 aromatic rings. The van der Waals surface area contributed by atoms with Crippen LogP contribution in [-0.2, 0) is 0 Å². The van der Waals surface area contributed by atoms with Gasteiger partial charge in [-0.1, -0.05) is 6.07 Å². The van der Waals surface area contributed by atoms with Gasteiger partial charge < -0.3 is 15.3 Å². The minimum atomic E-state index is -0.877. The van der Waals surface area contributed by atoms with Gasteiger partial charge in [0.05, 0.1) is 16.9 Å². The number of anilines is 2. The summed E-state index contributed by atoms with van der Waals surface area (Å²) in [6, 6.07) is 5.29. The highest BCUT2D eigenvalue weighted by molar-refractivity contribution is 5.98. The number of para-hydroxylation sites is 1. The van der Waals surface area contributed by atoms with Crippen molar-refractivity contribution in [1.82, 2.24) is 0 Å². The third-order valence-corrected chi connectivity index (χ3v) is 2.41. The van der Waals surface area contributed by atoms with Gasteiger partial charge in [-0.25, -0.2) is 4.79 Å². The van der Waals surface area contributed by atoms with Crippen molar-refractivity contribution in [3.8, 4) is 0 Å². The Morgan fingerprint density at radius 1 is 1.57 bits per heavy atom. The molecule has 0 bridgehead atoms. The van der Waals surface area contributed by atoms with Crippen LogP contribution in [0.3, 0.4) is 0 Å². The molecule has 74 valence electrons. The Morgan fingerprint density at radius 3 is 3.07 bits per heavy atom. The van der Waals surface area contributed by atoms with Crippen molar-refractivity contribution in [2.24, 2.45) is 0 Å². The summed E-state index contributed by atoms with van der Waals surface area (Å²) in [4.78, 5) is 12.9. The number of carbonyl (C=O) groups is 1. The predicted molar refractivity (Wildman–Crippen MR) is 55.2 cm³/mol. The van der Waals surface area contributed by atoms with E-state index in [4.69, 9.17) is 5.11 Å². The number of hydrogen-bond acceptors (Lipinski definition) is 3. The smallest absolute Gasteiger partial charge is 0.337 e. The molecule has 0 saturated heterocycles. The third-order valence-electron chi connectivity index (χ3n) is 2.41. The molecule has 0 saturated carbocycles. The Bertz CT molecular complexity index is 376. The van der Waals surface area contributed by atoms with Gasteiger partial charge in [-0.15, -0.1) is 0 Å². The zero-order valence-electron chi connectivity index (χ0n) is 7.95. The van der Waals surface area contributed by atoms with Gasteiger partial charge in [-0.05, 0) is 12.1 Å². The van der Waals surface area contributed by atoms with Crippen LogP contribution in [0.4, 0.5) is 11.4 Å². The molecule has 1 heterocycles. The minimum absolute atomic E-state index is 0.359. The number of carboxylic acids is 1. The summed E-state index contributed by atoms with van der Waals surface area (Å²) in [6.07, 6.45) is 0. The van der Waals surface area contributed by atoms with Gasteiger partial charge in [0, 0.05) is 20.1 Å². The molecule has 0 aliphatic carbocycles. The second-order valence-corrected chi connectivity index (χ2v) is 3.36. The fraction of sp³-hybridized carbons (Fsp3) is 0.300. The lowest BCUT2D eigenvalue weighted by Crippen LogP contribution is -2.31. The molecule has 4 heteroatoms. The van der Waals surface area contributed by atoms with E-state index < -0.39 is 5.97 Å². The normalized spacial score (nSPS) is 14.5. The molecule has 1 aliphatic rings. The van der Waals surface area contributed by atoms with Crippen LogP contribution in [0.1, 0.15) is 10.4 Å². The number of nitrogens with zero attached hydrogens (tertiary/aromatic N) is 1. The number of likely N-dealkylation sites (N-methyl/N-ethyl adjacent to an activating group) is 1. The molecular formula is C10H12N2O2. The SMILES string of the molecule is CN1CCNc2cccc(C(=O)O)c21. The molecule has 0 radical (unpaired) electrons. The first-order valence-electron chi connectivity index (χ1n) is 4.51. The fourth-order valence-electron chi connectivity index (χ4n) is 1.74. The van der Waals surface area contributed by atoms with E-state index in [2.05, 4.69) is 5.32 Å². The Kier molecular flexibility index (Phi) is 2.04. The van der Waals surface area contributed by atoms with Crippen molar-refractivity contribution in [1.29, 1.82) is 0 Å². The van der Waals surface area contributed by atoms with Crippen molar-refractivity contribution in [2.45, 2.75) is 0 Å². The molecule has 4 nitrogen and oxygen atoms in total. The van der Waals surface area contributed by atoms with Crippen LogP contribution in [0.25, 0.3) is 0 Å². The van der Waals surface area contributed by atoms with E-state index in [9.17, 15) is 4.79 Å². The van der Waals surface area contributed by atoms with Crippen LogP contribution < -0.4 is 10.2 Å². The average molecular weight is 192 g/mol. The summed E-state index contributed by atoms with van der Waals surface area (Å²) in [6.45, 7) is 1.68. The van der Waals surface area contributed by atoms with Gasteiger partial charge in [0.1, 0.15) is 0 Å². The zero-order valence-corrected chi connectivity index (χ0v) is 7.95. The molecule has 0 amide bonds. The first kappa shape index (κ1) is 8.87. The highest BCUT2D eigenvalue weighted by Gasteiger charge is 2.19. The third kappa shape index (κ3) is 1.28. The largest absolute Gasteiger partial charge is 0.478 e. The van der Waals surface area contributed by atoms with Crippen LogP contribution in [0, 0.1) is 0 Å². The van der Waals surface area contributed by atoms with Crippen LogP contribution in [0.2, 0.25) is 0 Å². The second kappa shape index (κ2) is 3.21. The molecule has 2 N–H and O–H groups in total. The molecule has 0 spiro atoms. The van der Waals surface area contributed by atoms with Crippen LogP contribution in [0.15, 0.2) is 18.2 Å². The first-order chi connectivity index (χ1) is 6.70. The standard InChI is InChI=1S/C10H12N2O2/c1-12-6-5-11-8-4-2-3-7(9(8)12)10(13)14/h2-4,11H,5-6H2,1H3,(H,13,14). The average Bonchev–Trinajstić information content (AvgIpc) is 2.17. The van der Waals surface area contributed by atoms with Crippen molar-refractivity contribution in [2.75, 3.05) is 30.4 Å². The summed E-state index contributed by atoms with van der Waals surface area (Å²) in [5, 5.41) is 12.2. The fourth-order valence-corrected chi connectivity index (χ4v) is 1.74. The molecule has 1 aliphatic heterocycles. The van der Waals surface area contributed by atoms with Crippen molar-refractivity contribution < 1.29 is 9.90 Å². The first-order valence-corrected chi connectivity index (χ1v) is 4.51. The summed E-state index contributed by atoms with van der Waals surface area (Å²) in [5.74, 6) is -0.877. The molecule has 0 fully saturated rings. The monoisotopic (exact) mass is 192 g/mol. The summed E-state index contributed by atoms with van der Waals surface area (Å²) < 4.78 is 0. The van der Waals surface area contributed by atoms with Gasteiger partial charge >= 0.3 is 5.97 Å². The van der Waals surface area contributed by atoms with E-state index in [0.717, 1.165) is 24.5 Å². The van der Waals surface area contributed by atoms with Crippen LogP contribution in [-0.4, -0.2) is 31.2 Å². The lowest BCUT2D eigenvalue weighted by molar-refractivity contribution is 0.0697. The number of benzene rings is 1. The molecule has 14 heavy (non-hydrogen) atoms. The maximum atomic E-state index is 11.0. The van der Waals surface area contributed by atoms with E-state index in [0.29, 0.717) is 5.56 Å². The van der Waals surface area contributed by atoms with Crippen molar-refractivity contribution in [3.05, 3.63) is 23.8 Å². The highest BCUT2D eigenvalue weighted by Crippen LogP contribution is 2.31. The number of carboxylic acid groups (broad SMARTS) is 1. The summed E-state index contributed by atoms with van der Waals surface area (Å²) in [5.41, 5.74) is 2.04. The van der Waals surface area contributed by atoms with Gasteiger partial charge in [-0.2, -0.15) is 0 Å². The van der Waals surface area contributed by atoms with Crippen LogP contribution in [0.5, 0.6) is 0 Å². The van der Waals surface area contributed by atoms with Crippen molar-refractivity contribution >= 4 is 17.3 Å². The minimum Gasteiger partial charge on any atom is -0.478 e. The van der Waals surface area contributed by atoms with Gasteiger partial charge in [0.25, 0.3) is 0 Å². The number of aromatic carboxylic acids is 1. The zero-order chi connectivity index (χ0) is 10.1. The maximum Gasteiger partial charge on any atom is 0.337 e. The molecule has 0 unspecified atom stereocenters. The molecule has 2 rings (SSSR count). The quantitative estimate of drug-likeness (QED) is 0.703. The molecule has 0 atom stereocenters. The molecule has 1 aromatic carbocycles. The topological polar surface area (TPSA) is 52.6 Å².